The Balaban J connectivity index is 1.68. The highest BCUT2D eigenvalue weighted by Gasteiger charge is 2.13. The van der Waals surface area contributed by atoms with Crippen LogP contribution in [-0.4, -0.2) is 55.1 Å². The van der Waals surface area contributed by atoms with Gasteiger partial charge in [0.1, 0.15) is 12.4 Å². The Bertz CT molecular complexity index is 599. The summed E-state index contributed by atoms with van der Waals surface area (Å²) < 4.78 is 6.12. The topological polar surface area (TPSA) is 31.5 Å². The van der Waals surface area contributed by atoms with Gasteiger partial charge in [0.2, 0.25) is 0 Å². The first kappa shape index (κ1) is 15.4. The Morgan fingerprint density at radius 1 is 1.23 bits per heavy atom. The van der Waals surface area contributed by atoms with Crippen molar-refractivity contribution < 1.29 is 4.74 Å². The SMILES string of the molecule is CN(C)Cc1c(OCCN2CCCCC2)ccc2[c]c[nH]c12. The van der Waals surface area contributed by atoms with Gasteiger partial charge in [-0.3, -0.25) is 4.90 Å². The minimum atomic E-state index is 0.760. The lowest BCUT2D eigenvalue weighted by Crippen LogP contribution is -2.33. The number of rotatable bonds is 6. The van der Waals surface area contributed by atoms with Crippen molar-refractivity contribution in [2.45, 2.75) is 25.8 Å². The molecule has 1 fully saturated rings. The third-order valence-corrected chi connectivity index (χ3v) is 4.30. The van der Waals surface area contributed by atoms with E-state index in [-0.39, 0.29) is 0 Å². The molecule has 0 atom stereocenters. The second kappa shape index (κ2) is 7.16. The molecule has 4 heteroatoms. The van der Waals surface area contributed by atoms with Crippen molar-refractivity contribution in [3.05, 3.63) is 30.0 Å². The van der Waals surface area contributed by atoms with Crippen molar-refractivity contribution in [1.29, 1.82) is 0 Å². The zero-order valence-corrected chi connectivity index (χ0v) is 13.7. The van der Waals surface area contributed by atoms with Crippen molar-refractivity contribution in [3.8, 4) is 5.75 Å². The van der Waals surface area contributed by atoms with Crippen LogP contribution in [0.2, 0.25) is 0 Å². The van der Waals surface area contributed by atoms with Crippen molar-refractivity contribution in [2.24, 2.45) is 0 Å². The molecule has 0 spiro atoms. The highest BCUT2D eigenvalue weighted by molar-refractivity contribution is 5.84. The number of likely N-dealkylation sites (tertiary alicyclic amines) is 1. The van der Waals surface area contributed by atoms with Crippen LogP contribution >= 0.6 is 0 Å². The van der Waals surface area contributed by atoms with Crippen molar-refractivity contribution in [1.82, 2.24) is 14.8 Å². The number of nitrogens with one attached hydrogen (secondary N) is 1. The van der Waals surface area contributed by atoms with Gasteiger partial charge in [-0.1, -0.05) is 6.42 Å². The average molecular weight is 300 g/mol. The Hall–Kier alpha value is -1.52. The first-order valence-electron chi connectivity index (χ1n) is 8.24. The summed E-state index contributed by atoms with van der Waals surface area (Å²) in [7, 11) is 4.17. The molecule has 1 aromatic carbocycles. The third kappa shape index (κ3) is 3.62. The fourth-order valence-corrected chi connectivity index (χ4v) is 3.18. The first-order valence-corrected chi connectivity index (χ1v) is 8.24. The maximum atomic E-state index is 6.12. The van der Waals surface area contributed by atoms with E-state index in [0.717, 1.165) is 36.3 Å². The van der Waals surface area contributed by atoms with Crippen LogP contribution in [0, 0.1) is 6.07 Å². The Morgan fingerprint density at radius 2 is 2.05 bits per heavy atom. The van der Waals surface area contributed by atoms with Gasteiger partial charge in [-0.2, -0.15) is 0 Å². The van der Waals surface area contributed by atoms with E-state index in [1.807, 2.05) is 6.20 Å². The summed E-state index contributed by atoms with van der Waals surface area (Å²) in [5.41, 5.74) is 2.37. The molecule has 1 radical (unpaired) electrons. The molecular formula is C18H26N3O. The minimum absolute atomic E-state index is 0.760. The summed E-state index contributed by atoms with van der Waals surface area (Å²) in [6.07, 6.45) is 5.91. The smallest absolute Gasteiger partial charge is 0.125 e. The van der Waals surface area contributed by atoms with Gasteiger partial charge >= 0.3 is 0 Å². The molecule has 1 aliphatic heterocycles. The van der Waals surface area contributed by atoms with Gasteiger partial charge in [0.05, 0.1) is 5.52 Å². The van der Waals surface area contributed by atoms with Crippen LogP contribution in [0.4, 0.5) is 0 Å². The molecule has 1 aromatic heterocycles. The average Bonchev–Trinajstić information content (AvgIpc) is 2.99. The molecule has 2 aromatic rings. The minimum Gasteiger partial charge on any atom is -0.492 e. The van der Waals surface area contributed by atoms with E-state index in [0.29, 0.717) is 0 Å². The molecule has 0 amide bonds. The van der Waals surface area contributed by atoms with Crippen LogP contribution in [0.1, 0.15) is 24.8 Å². The maximum absolute atomic E-state index is 6.12. The van der Waals surface area contributed by atoms with Gasteiger partial charge in [-0.25, -0.2) is 0 Å². The Labute approximate surface area is 133 Å². The van der Waals surface area contributed by atoms with E-state index < -0.39 is 0 Å². The number of nitrogens with zero attached hydrogens (tertiary/aromatic N) is 2. The van der Waals surface area contributed by atoms with Crippen LogP contribution in [0.5, 0.6) is 5.75 Å². The van der Waals surface area contributed by atoms with Gasteiger partial charge in [0.15, 0.2) is 0 Å². The predicted octanol–water partition coefficient (Wildman–Crippen LogP) is 2.89. The van der Waals surface area contributed by atoms with E-state index in [9.17, 15) is 0 Å². The molecule has 22 heavy (non-hydrogen) atoms. The largest absolute Gasteiger partial charge is 0.492 e. The van der Waals surface area contributed by atoms with E-state index in [4.69, 9.17) is 4.74 Å². The number of hydrogen-bond acceptors (Lipinski definition) is 3. The van der Waals surface area contributed by atoms with Crippen LogP contribution in [0.25, 0.3) is 10.9 Å². The molecule has 119 valence electrons. The molecule has 1 aliphatic rings. The number of aromatic nitrogens is 1. The van der Waals surface area contributed by atoms with E-state index in [1.165, 1.54) is 37.9 Å². The van der Waals surface area contributed by atoms with Gasteiger partial charge in [-0.05, 0) is 52.2 Å². The Kier molecular flexibility index (Phi) is 5.01. The molecule has 0 bridgehead atoms. The number of benzene rings is 1. The maximum Gasteiger partial charge on any atom is 0.125 e. The molecule has 0 aliphatic carbocycles. The molecule has 0 saturated carbocycles. The molecule has 1 N–H and O–H groups in total. The number of fused-ring (bicyclic) bond motifs is 1. The quantitative estimate of drug-likeness (QED) is 0.890. The van der Waals surface area contributed by atoms with Crippen molar-refractivity contribution >= 4 is 10.9 Å². The predicted molar refractivity (Wildman–Crippen MR) is 90.3 cm³/mol. The third-order valence-electron chi connectivity index (χ3n) is 4.30. The molecule has 2 heterocycles. The summed E-state index contributed by atoms with van der Waals surface area (Å²) in [4.78, 5) is 7.98. The molecule has 1 saturated heterocycles. The number of ether oxygens (including phenoxy) is 1. The standard InChI is InChI=1S/C18H26N3O/c1-20(2)14-16-17(7-6-15-8-9-19-18(15)16)22-13-12-21-10-4-3-5-11-21/h6-7,9,19H,3-5,10-14H2,1-2H3. The van der Waals surface area contributed by atoms with Gasteiger partial charge in [0, 0.05) is 36.3 Å². The van der Waals surface area contributed by atoms with Crippen molar-refractivity contribution in [3.63, 3.8) is 0 Å². The van der Waals surface area contributed by atoms with Crippen LogP contribution in [-0.2, 0) is 6.54 Å². The number of hydrogen-bond donors (Lipinski definition) is 1. The lowest BCUT2D eigenvalue weighted by molar-refractivity contribution is 0.182. The monoisotopic (exact) mass is 300 g/mol. The molecule has 3 rings (SSSR count). The van der Waals surface area contributed by atoms with E-state index in [1.54, 1.807) is 0 Å². The number of piperidine rings is 1. The zero-order valence-electron chi connectivity index (χ0n) is 13.7. The first-order chi connectivity index (χ1) is 10.7. The zero-order chi connectivity index (χ0) is 15.4. The number of H-pyrrole nitrogens is 1. The second-order valence-corrected chi connectivity index (χ2v) is 6.39. The van der Waals surface area contributed by atoms with Crippen LogP contribution < -0.4 is 4.74 Å². The normalized spacial score (nSPS) is 16.5. The van der Waals surface area contributed by atoms with Gasteiger partial charge in [0.25, 0.3) is 0 Å². The summed E-state index contributed by atoms with van der Waals surface area (Å²) in [5, 5.41) is 1.13. The highest BCUT2D eigenvalue weighted by Crippen LogP contribution is 2.28. The summed E-state index contributed by atoms with van der Waals surface area (Å²) in [6.45, 7) is 5.09. The fraction of sp³-hybridized carbons (Fsp3) is 0.556. The lowest BCUT2D eigenvalue weighted by atomic mass is 10.1. The summed E-state index contributed by atoms with van der Waals surface area (Å²) in [5.74, 6) is 0.994. The molecule has 4 nitrogen and oxygen atoms in total. The Morgan fingerprint density at radius 3 is 2.82 bits per heavy atom. The molecule has 0 unspecified atom stereocenters. The van der Waals surface area contributed by atoms with E-state index in [2.05, 4.69) is 47.1 Å². The van der Waals surface area contributed by atoms with Crippen LogP contribution in [0.3, 0.4) is 0 Å². The van der Waals surface area contributed by atoms with E-state index >= 15 is 0 Å². The van der Waals surface area contributed by atoms with Crippen LogP contribution in [0.15, 0.2) is 18.3 Å². The number of aromatic amines is 1. The van der Waals surface area contributed by atoms with Crippen molar-refractivity contribution in [2.75, 3.05) is 40.3 Å². The fourth-order valence-electron chi connectivity index (χ4n) is 3.18. The van der Waals surface area contributed by atoms with Gasteiger partial charge in [-0.15, -0.1) is 0 Å². The second-order valence-electron chi connectivity index (χ2n) is 6.39. The molecular weight excluding hydrogens is 274 g/mol. The highest BCUT2D eigenvalue weighted by atomic mass is 16.5. The summed E-state index contributed by atoms with van der Waals surface area (Å²) >= 11 is 0. The summed E-state index contributed by atoms with van der Waals surface area (Å²) in [6, 6.07) is 7.40. The van der Waals surface area contributed by atoms with Gasteiger partial charge < -0.3 is 14.6 Å². The lowest BCUT2D eigenvalue weighted by Gasteiger charge is -2.26.